The second-order valence-electron chi connectivity index (χ2n) is 19.1. The van der Waals surface area contributed by atoms with Crippen molar-refractivity contribution in [3.63, 3.8) is 0 Å². The lowest BCUT2D eigenvalue weighted by Crippen LogP contribution is -2.57. The molecule has 6 aliphatic rings. The molecule has 0 unspecified atom stereocenters. The summed E-state index contributed by atoms with van der Waals surface area (Å²) in [4.78, 5) is 79.2. The molecule has 2 aromatic heterocycles. The highest BCUT2D eigenvalue weighted by Gasteiger charge is 2.83. The minimum atomic E-state index is -5.14. The van der Waals surface area contributed by atoms with Crippen LogP contribution in [0.2, 0.25) is 0 Å². The lowest BCUT2D eigenvalue weighted by molar-refractivity contribution is -0.145. The van der Waals surface area contributed by atoms with Crippen molar-refractivity contribution in [3.05, 3.63) is 66.1 Å². The van der Waals surface area contributed by atoms with Gasteiger partial charge in [-0.05, 0) is 89.6 Å². The van der Waals surface area contributed by atoms with E-state index in [2.05, 4.69) is 25.9 Å². The zero-order chi connectivity index (χ0) is 47.9. The van der Waals surface area contributed by atoms with Crippen LogP contribution < -0.4 is 25.4 Å². The Hall–Kier alpha value is -6.19. The number of methoxy groups -OCH3 is 1. The molecule has 18 nitrogen and oxygen atoms in total. The van der Waals surface area contributed by atoms with Crippen LogP contribution in [0.1, 0.15) is 102 Å². The van der Waals surface area contributed by atoms with E-state index in [1.54, 1.807) is 32.9 Å². The Bertz CT molecular complexity index is 2690. The zero-order valence-electron chi connectivity index (χ0n) is 37.1. The van der Waals surface area contributed by atoms with Gasteiger partial charge >= 0.3 is 18.4 Å². The zero-order valence-corrected chi connectivity index (χ0v) is 37.9. The maximum absolute atomic E-state index is 15.3. The molecule has 2 saturated heterocycles. The predicted molar refractivity (Wildman–Crippen MR) is 231 cm³/mol. The Kier molecular flexibility index (Phi) is 11.1. The van der Waals surface area contributed by atoms with E-state index in [1.807, 2.05) is 6.08 Å². The fraction of sp³-hybridized carbons (Fsp3) is 0.533. The lowest BCUT2D eigenvalue weighted by Gasteiger charge is -2.40. The van der Waals surface area contributed by atoms with E-state index in [0.717, 1.165) is 9.21 Å². The standard InChI is InChI=1S/C45H50F3N7O11S/c1-41(2,3)66-40(60)52-30-13-9-7-5-6-8-11-25-20-44(25,38(58)55-43(16-17-43)67(55,61)62)53-36(56)31-21-42(24-54(31)37(30)57)22-32(64-39(59)50-26-12-10-18-49-23-26)33-28-19-27(63-4)14-15-29(28)51-35(34(33)65-42)45(46,47)48/h8,10-12,14-15,18-19,23,25,30-32H,5-7,9,13,16-17,20-22,24H2,1-4H3,(H,50,59)(H,52,60)(H,53,56)/b11-8-/t25-,30+,31+,32-,42+,44-,55?/m1/s1. The number of amides is 5. The summed E-state index contributed by atoms with van der Waals surface area (Å²) in [5.74, 6) is -3.70. The van der Waals surface area contributed by atoms with Crippen LogP contribution in [0.3, 0.4) is 0 Å². The van der Waals surface area contributed by atoms with Gasteiger partial charge in [-0.2, -0.15) is 13.2 Å². The van der Waals surface area contributed by atoms with E-state index >= 15 is 22.8 Å². The van der Waals surface area contributed by atoms with E-state index in [4.69, 9.17) is 18.9 Å². The summed E-state index contributed by atoms with van der Waals surface area (Å²) in [5, 5.41) is 8.09. The van der Waals surface area contributed by atoms with Gasteiger partial charge in [-0.25, -0.2) is 27.3 Å². The molecule has 22 heteroatoms. The molecule has 0 radical (unpaired) electrons. The molecule has 4 fully saturated rings. The number of pyridine rings is 2. The van der Waals surface area contributed by atoms with Crippen molar-refractivity contribution in [2.24, 2.45) is 5.92 Å². The number of halogens is 3. The van der Waals surface area contributed by atoms with Gasteiger partial charge in [0.25, 0.3) is 15.9 Å². The number of hydrogen-bond acceptors (Lipinski definition) is 13. The first kappa shape index (κ1) is 45.9. The number of nitrogens with zero attached hydrogens (tertiary/aromatic N) is 4. The van der Waals surface area contributed by atoms with E-state index in [-0.39, 0.29) is 53.6 Å². The molecule has 2 aliphatic carbocycles. The second kappa shape index (κ2) is 16.3. The highest BCUT2D eigenvalue weighted by atomic mass is 32.2. The number of benzene rings is 1. The maximum Gasteiger partial charge on any atom is 0.437 e. The Labute approximate surface area is 383 Å². The topological polar surface area (TPSA) is 225 Å². The van der Waals surface area contributed by atoms with E-state index < -0.39 is 123 Å². The van der Waals surface area contributed by atoms with Gasteiger partial charge in [-0.1, -0.05) is 25.0 Å². The van der Waals surface area contributed by atoms with Gasteiger partial charge < -0.3 is 34.5 Å². The van der Waals surface area contributed by atoms with Gasteiger partial charge in [0.2, 0.25) is 11.8 Å². The molecule has 2 saturated carbocycles. The number of allylic oxidation sites excluding steroid dienone is 1. The van der Waals surface area contributed by atoms with Crippen molar-refractivity contribution in [2.75, 3.05) is 19.0 Å². The van der Waals surface area contributed by atoms with Crippen molar-refractivity contribution in [1.29, 1.82) is 0 Å². The van der Waals surface area contributed by atoms with Crippen LogP contribution >= 0.6 is 0 Å². The van der Waals surface area contributed by atoms with Gasteiger partial charge in [0.1, 0.15) is 40.7 Å². The highest BCUT2D eigenvalue weighted by Crippen LogP contribution is 2.65. The SMILES string of the molecule is COc1ccc2nc(C(F)(F)F)c3c(c2c1)[C@H](OC(=O)Nc1cccnc1)C[C@]1(C[C@H]2C(=O)N[C@]4(C(=O)N5C6(CC6)S5(=O)=O)C[C@H]4/C=C\CCCCC[C@H](NC(=O)OC(C)(C)C)C(=O)N2C1)O3. The number of nitrogens with one attached hydrogen (secondary N) is 3. The first-order chi connectivity index (χ1) is 31.6. The third-order valence-corrected chi connectivity index (χ3v) is 15.6. The fourth-order valence-corrected chi connectivity index (χ4v) is 11.8. The monoisotopic (exact) mass is 953 g/mol. The van der Waals surface area contributed by atoms with Crippen LogP contribution in [-0.4, -0.2) is 105 Å². The quantitative estimate of drug-likeness (QED) is 0.197. The summed E-state index contributed by atoms with van der Waals surface area (Å²) in [5.41, 5.74) is -6.17. The summed E-state index contributed by atoms with van der Waals surface area (Å²) in [6.45, 7) is 4.34. The Morgan fingerprint density at radius 2 is 1.79 bits per heavy atom. The number of rotatable bonds is 5. The fourth-order valence-electron chi connectivity index (χ4n) is 9.73. The van der Waals surface area contributed by atoms with Crippen LogP contribution in [0, 0.1) is 5.92 Å². The van der Waals surface area contributed by atoms with Crippen molar-refractivity contribution >= 4 is 56.5 Å². The third kappa shape index (κ3) is 8.45. The van der Waals surface area contributed by atoms with Gasteiger partial charge in [0.05, 0.1) is 31.1 Å². The lowest BCUT2D eigenvalue weighted by atomic mass is 9.84. The van der Waals surface area contributed by atoms with E-state index in [0.29, 0.717) is 25.7 Å². The third-order valence-electron chi connectivity index (χ3n) is 13.2. The molecule has 3 aromatic rings. The first-order valence-corrected chi connectivity index (χ1v) is 23.6. The van der Waals surface area contributed by atoms with Crippen LogP contribution in [0.5, 0.6) is 11.5 Å². The van der Waals surface area contributed by atoms with Gasteiger partial charge in [-0.15, -0.1) is 0 Å². The molecule has 4 aliphatic heterocycles. The number of hydrogen-bond donors (Lipinski definition) is 3. The Morgan fingerprint density at radius 1 is 1.01 bits per heavy atom. The average molecular weight is 954 g/mol. The molecule has 0 bridgehead atoms. The molecule has 3 N–H and O–H groups in total. The normalized spacial score (nSPS) is 28.9. The number of ether oxygens (including phenoxy) is 4. The molecular formula is C45H50F3N7O11S. The molecule has 5 amide bonds. The number of carbonyl (C=O) groups is 5. The predicted octanol–water partition coefficient (Wildman–Crippen LogP) is 6.02. The number of aromatic nitrogens is 2. The molecule has 9 rings (SSSR count). The maximum atomic E-state index is 15.3. The van der Waals surface area contributed by atoms with Crippen molar-refractivity contribution in [3.8, 4) is 11.5 Å². The minimum Gasteiger partial charge on any atom is -0.497 e. The average Bonchev–Trinajstić information content (AvgIpc) is 4.20. The molecule has 2 spiro atoms. The van der Waals surface area contributed by atoms with E-state index in [1.165, 1.54) is 43.8 Å². The smallest absolute Gasteiger partial charge is 0.437 e. The summed E-state index contributed by atoms with van der Waals surface area (Å²) >= 11 is 0. The largest absolute Gasteiger partial charge is 0.497 e. The molecule has 67 heavy (non-hydrogen) atoms. The molecular weight excluding hydrogens is 904 g/mol. The van der Waals surface area contributed by atoms with Crippen molar-refractivity contribution in [2.45, 2.75) is 131 Å². The molecule has 1 aromatic carbocycles. The second-order valence-corrected chi connectivity index (χ2v) is 21.2. The molecule has 358 valence electrons. The minimum absolute atomic E-state index is 0.0494. The van der Waals surface area contributed by atoms with Gasteiger partial charge in [0, 0.05) is 35.9 Å². The summed E-state index contributed by atoms with van der Waals surface area (Å²) in [6, 6.07) is 4.35. The van der Waals surface area contributed by atoms with Crippen LogP contribution in [0.25, 0.3) is 10.9 Å². The van der Waals surface area contributed by atoms with Gasteiger partial charge in [0.15, 0.2) is 16.3 Å². The number of sulfonamides is 1. The number of anilines is 1. The van der Waals surface area contributed by atoms with Crippen LogP contribution in [0.15, 0.2) is 54.9 Å². The number of fused-ring (bicyclic) bond motifs is 5. The Balaban J connectivity index is 1.15. The van der Waals surface area contributed by atoms with Crippen molar-refractivity contribution in [1.82, 2.24) is 29.8 Å². The van der Waals surface area contributed by atoms with Gasteiger partial charge in [-0.3, -0.25) is 24.7 Å². The molecule has 6 heterocycles. The molecule has 6 atom stereocenters. The van der Waals surface area contributed by atoms with E-state index in [9.17, 15) is 22.8 Å². The summed E-state index contributed by atoms with van der Waals surface area (Å²) in [6.07, 6.45) is -0.265. The highest BCUT2D eigenvalue weighted by molar-refractivity contribution is 7.98. The number of carbonyl (C=O) groups excluding carboxylic acids is 5. The Morgan fingerprint density at radius 3 is 2.46 bits per heavy atom. The number of alkyl halides is 3. The van der Waals surface area contributed by atoms with Crippen LogP contribution in [-0.2, 0) is 40.1 Å². The first-order valence-electron chi connectivity index (χ1n) is 22.1. The van der Waals surface area contributed by atoms with Crippen molar-refractivity contribution < 1.29 is 64.5 Å². The number of alkyl carbamates (subject to hydrolysis) is 1. The summed E-state index contributed by atoms with van der Waals surface area (Å²) < 4.78 is 96.3. The summed E-state index contributed by atoms with van der Waals surface area (Å²) in [7, 11) is -2.57. The van der Waals surface area contributed by atoms with Crippen LogP contribution in [0.4, 0.5) is 28.4 Å².